The van der Waals surface area contributed by atoms with Crippen LogP contribution in [0.5, 0.6) is 0 Å². The number of aryl methyl sites for hydroxylation is 2. The van der Waals surface area contributed by atoms with Crippen molar-refractivity contribution < 1.29 is 8.83 Å². The van der Waals surface area contributed by atoms with Crippen molar-refractivity contribution in [2.45, 2.75) is 33.6 Å². The van der Waals surface area contributed by atoms with Crippen molar-refractivity contribution in [3.05, 3.63) is 69.8 Å². The quantitative estimate of drug-likeness (QED) is 0.426. The third-order valence-corrected chi connectivity index (χ3v) is 4.93. The number of hydrogen-bond donors (Lipinski definition) is 0. The lowest BCUT2D eigenvalue weighted by molar-refractivity contribution is 0.538. The lowest BCUT2D eigenvalue weighted by Gasteiger charge is -2.12. The van der Waals surface area contributed by atoms with Crippen molar-refractivity contribution in [2.24, 2.45) is 0 Å². The fourth-order valence-corrected chi connectivity index (χ4v) is 3.68. The van der Waals surface area contributed by atoms with Gasteiger partial charge in [-0.2, -0.15) is 0 Å². The summed E-state index contributed by atoms with van der Waals surface area (Å²) in [4.78, 5) is 12.4. The highest BCUT2D eigenvalue weighted by Gasteiger charge is 2.19. The van der Waals surface area contributed by atoms with Gasteiger partial charge in [-0.1, -0.05) is 44.2 Å². The number of rotatable bonds is 2. The molecule has 2 aromatic carbocycles. The molecule has 0 aliphatic carbocycles. The van der Waals surface area contributed by atoms with Gasteiger partial charge in [0.2, 0.25) is 0 Å². The van der Waals surface area contributed by atoms with Crippen molar-refractivity contribution in [3.8, 4) is 11.1 Å². The molecule has 0 amide bonds. The average Bonchev–Trinajstić information content (AvgIpc) is 3.01. The second kappa shape index (κ2) is 5.62. The second-order valence-corrected chi connectivity index (χ2v) is 6.85. The van der Waals surface area contributed by atoms with Gasteiger partial charge in [0, 0.05) is 27.5 Å². The summed E-state index contributed by atoms with van der Waals surface area (Å²) in [5.41, 5.74) is 5.90. The van der Waals surface area contributed by atoms with Crippen LogP contribution in [0.15, 0.2) is 56.3 Å². The lowest BCUT2D eigenvalue weighted by Crippen LogP contribution is -2.12. The molecule has 0 spiro atoms. The van der Waals surface area contributed by atoms with Gasteiger partial charge >= 0.3 is 5.63 Å². The van der Waals surface area contributed by atoms with E-state index < -0.39 is 0 Å². The largest absolute Gasteiger partial charge is 0.463 e. The minimum Gasteiger partial charge on any atom is -0.463 e. The van der Waals surface area contributed by atoms with E-state index in [-0.39, 0.29) is 11.5 Å². The Labute approximate surface area is 145 Å². The summed E-state index contributed by atoms with van der Waals surface area (Å²) in [5, 5.41) is 2.02. The standard InChI is InChI=1S/C22H20O3/c1-12(2)19-13(3)16-10-17-18(15-8-6-5-7-9-15)11-24-20(17)14(4)21(16)25-22(19)23/h5-12H,1-4H3. The van der Waals surface area contributed by atoms with Gasteiger partial charge in [0.15, 0.2) is 0 Å². The summed E-state index contributed by atoms with van der Waals surface area (Å²) < 4.78 is 11.5. The van der Waals surface area contributed by atoms with Crippen LogP contribution in [-0.4, -0.2) is 0 Å². The molecule has 2 aromatic heterocycles. The van der Waals surface area contributed by atoms with Gasteiger partial charge < -0.3 is 8.83 Å². The third kappa shape index (κ3) is 2.30. The summed E-state index contributed by atoms with van der Waals surface area (Å²) in [6.45, 7) is 7.98. The Morgan fingerprint density at radius 1 is 0.920 bits per heavy atom. The Morgan fingerprint density at radius 3 is 2.32 bits per heavy atom. The zero-order chi connectivity index (χ0) is 17.7. The van der Waals surface area contributed by atoms with E-state index in [1.54, 1.807) is 6.26 Å². The van der Waals surface area contributed by atoms with E-state index in [4.69, 9.17) is 8.83 Å². The highest BCUT2D eigenvalue weighted by molar-refractivity contribution is 6.04. The molecule has 4 rings (SSSR count). The molecule has 0 saturated carbocycles. The van der Waals surface area contributed by atoms with Crippen LogP contribution in [0.4, 0.5) is 0 Å². The molecule has 0 radical (unpaired) electrons. The molecule has 2 heterocycles. The van der Waals surface area contributed by atoms with E-state index in [9.17, 15) is 4.79 Å². The number of benzene rings is 2. The normalized spacial score (nSPS) is 11.7. The molecule has 0 aliphatic rings. The van der Waals surface area contributed by atoms with Gasteiger partial charge in [-0.05, 0) is 37.0 Å². The Morgan fingerprint density at radius 2 is 1.64 bits per heavy atom. The van der Waals surface area contributed by atoms with Crippen LogP contribution in [-0.2, 0) is 0 Å². The van der Waals surface area contributed by atoms with Crippen LogP contribution in [0.3, 0.4) is 0 Å². The predicted molar refractivity (Wildman–Crippen MR) is 101 cm³/mol. The first kappa shape index (κ1) is 15.7. The van der Waals surface area contributed by atoms with Crippen molar-refractivity contribution in [3.63, 3.8) is 0 Å². The Hall–Kier alpha value is -2.81. The summed E-state index contributed by atoms with van der Waals surface area (Å²) in [7, 11) is 0. The smallest absolute Gasteiger partial charge is 0.339 e. The van der Waals surface area contributed by atoms with Gasteiger partial charge in [-0.3, -0.25) is 0 Å². The lowest BCUT2D eigenvalue weighted by atomic mass is 9.94. The van der Waals surface area contributed by atoms with Crippen molar-refractivity contribution in [2.75, 3.05) is 0 Å². The third-order valence-electron chi connectivity index (χ3n) is 4.93. The minimum atomic E-state index is -0.253. The molecule has 0 N–H and O–H groups in total. The van der Waals surface area contributed by atoms with E-state index >= 15 is 0 Å². The van der Waals surface area contributed by atoms with Gasteiger partial charge in [0.25, 0.3) is 0 Å². The van der Waals surface area contributed by atoms with Gasteiger partial charge in [0.1, 0.15) is 11.2 Å². The first-order chi connectivity index (χ1) is 12.0. The molecular formula is C22H20O3. The maximum atomic E-state index is 12.4. The molecule has 0 atom stereocenters. The highest BCUT2D eigenvalue weighted by Crippen LogP contribution is 2.37. The van der Waals surface area contributed by atoms with Crippen molar-refractivity contribution >= 4 is 21.9 Å². The van der Waals surface area contributed by atoms with Crippen LogP contribution >= 0.6 is 0 Å². The SMILES string of the molecule is Cc1c(C(C)C)c(=O)oc2c(C)c3occ(-c4ccccc4)c3cc12. The maximum Gasteiger partial charge on any atom is 0.339 e. The van der Waals surface area contributed by atoms with E-state index in [1.807, 2.05) is 45.9 Å². The second-order valence-electron chi connectivity index (χ2n) is 6.85. The summed E-state index contributed by atoms with van der Waals surface area (Å²) >= 11 is 0. The highest BCUT2D eigenvalue weighted by atomic mass is 16.4. The zero-order valence-corrected chi connectivity index (χ0v) is 14.8. The molecule has 126 valence electrons. The maximum absolute atomic E-state index is 12.4. The first-order valence-corrected chi connectivity index (χ1v) is 8.52. The number of hydrogen-bond acceptors (Lipinski definition) is 3. The van der Waals surface area contributed by atoms with E-state index in [1.165, 1.54) is 0 Å². The number of fused-ring (bicyclic) bond motifs is 2. The first-order valence-electron chi connectivity index (χ1n) is 8.52. The average molecular weight is 332 g/mol. The van der Waals surface area contributed by atoms with Crippen LogP contribution in [0.1, 0.15) is 36.5 Å². The molecule has 0 aliphatic heterocycles. The van der Waals surface area contributed by atoms with Crippen LogP contribution in [0, 0.1) is 13.8 Å². The van der Waals surface area contributed by atoms with Crippen molar-refractivity contribution in [1.82, 2.24) is 0 Å². The molecule has 0 fully saturated rings. The monoisotopic (exact) mass is 332 g/mol. The van der Waals surface area contributed by atoms with Crippen LogP contribution in [0.25, 0.3) is 33.1 Å². The van der Waals surface area contributed by atoms with Gasteiger partial charge in [-0.15, -0.1) is 0 Å². The van der Waals surface area contributed by atoms with E-state index in [0.29, 0.717) is 5.58 Å². The fourth-order valence-electron chi connectivity index (χ4n) is 3.68. The minimum absolute atomic E-state index is 0.120. The van der Waals surface area contributed by atoms with Crippen molar-refractivity contribution in [1.29, 1.82) is 0 Å². The molecule has 4 aromatic rings. The molecule has 0 bridgehead atoms. The predicted octanol–water partition coefficient (Wildman–Crippen LogP) is 5.95. The Balaban J connectivity index is 2.13. The molecule has 25 heavy (non-hydrogen) atoms. The summed E-state index contributed by atoms with van der Waals surface area (Å²) in [6.07, 6.45) is 1.78. The molecule has 0 saturated heterocycles. The van der Waals surface area contributed by atoms with E-state index in [2.05, 4.69) is 18.2 Å². The molecular weight excluding hydrogens is 312 g/mol. The Kier molecular flexibility index (Phi) is 3.53. The Bertz CT molecular complexity index is 1150. The molecule has 3 nitrogen and oxygen atoms in total. The summed E-state index contributed by atoms with van der Waals surface area (Å²) in [6, 6.07) is 12.3. The van der Waals surface area contributed by atoms with Crippen LogP contribution < -0.4 is 5.63 Å². The number of furan rings is 1. The fraction of sp³-hybridized carbons (Fsp3) is 0.227. The summed E-state index contributed by atoms with van der Waals surface area (Å²) in [5.74, 6) is 0.120. The van der Waals surface area contributed by atoms with Gasteiger partial charge in [-0.25, -0.2) is 4.79 Å². The topological polar surface area (TPSA) is 43.4 Å². The van der Waals surface area contributed by atoms with E-state index in [0.717, 1.165) is 44.2 Å². The molecule has 3 heteroatoms. The molecule has 0 unspecified atom stereocenters. The van der Waals surface area contributed by atoms with Gasteiger partial charge in [0.05, 0.1) is 6.26 Å². The zero-order valence-electron chi connectivity index (χ0n) is 14.8. The van der Waals surface area contributed by atoms with Crippen LogP contribution in [0.2, 0.25) is 0 Å².